The summed E-state index contributed by atoms with van der Waals surface area (Å²) in [4.78, 5) is 34.7. The van der Waals surface area contributed by atoms with Crippen molar-refractivity contribution >= 4 is 69.9 Å². The van der Waals surface area contributed by atoms with E-state index in [1.165, 1.54) is 0 Å². The first-order chi connectivity index (χ1) is 11.6. The number of carbonyl (C=O) groups excluding carboxylic acids is 3. The topological polar surface area (TPSA) is 109 Å². The molecular formula is C15H5Cl4NNa2O5. The van der Waals surface area contributed by atoms with Crippen LogP contribution in [0.15, 0.2) is 24.3 Å². The summed E-state index contributed by atoms with van der Waals surface area (Å²) < 4.78 is 0. The summed E-state index contributed by atoms with van der Waals surface area (Å²) in [5.74, 6) is -4.26. The second-order valence-corrected chi connectivity index (χ2v) is 6.28. The maximum atomic E-state index is 12.4. The molecule has 0 aliphatic rings. The van der Waals surface area contributed by atoms with Crippen LogP contribution < -0.4 is 74.6 Å². The van der Waals surface area contributed by atoms with Gasteiger partial charge in [-0.05, 0) is 24.3 Å². The second kappa shape index (κ2) is 11.3. The third-order valence-corrected chi connectivity index (χ3v) is 4.50. The van der Waals surface area contributed by atoms with Crippen molar-refractivity contribution in [2.24, 2.45) is 0 Å². The van der Waals surface area contributed by atoms with Crippen LogP contribution in [-0.2, 0) is 0 Å². The number of halogens is 4. The van der Waals surface area contributed by atoms with Crippen LogP contribution in [0.2, 0.25) is 20.1 Å². The number of hydrogen-bond acceptors (Lipinski definition) is 5. The fourth-order valence-corrected chi connectivity index (χ4v) is 2.57. The second-order valence-electron chi connectivity index (χ2n) is 4.65. The van der Waals surface area contributed by atoms with Gasteiger partial charge in [0, 0.05) is 11.1 Å². The van der Waals surface area contributed by atoms with Crippen molar-refractivity contribution in [1.82, 2.24) is 0 Å². The van der Waals surface area contributed by atoms with Crippen LogP contribution in [0.25, 0.3) is 0 Å². The Hall–Kier alpha value is 0.0100. The van der Waals surface area contributed by atoms with E-state index in [1.807, 2.05) is 0 Å². The monoisotopic (exact) mass is 465 g/mol. The largest absolute Gasteiger partial charge is 1.00 e. The van der Waals surface area contributed by atoms with E-state index in [0.717, 1.165) is 24.3 Å². The summed E-state index contributed by atoms with van der Waals surface area (Å²) in [6.07, 6.45) is 0. The minimum absolute atomic E-state index is 0. The fourth-order valence-electron chi connectivity index (χ4n) is 1.91. The summed E-state index contributed by atoms with van der Waals surface area (Å²) in [5, 5.41) is 24.3. The average molecular weight is 467 g/mol. The Balaban J connectivity index is 0.00000338. The van der Waals surface area contributed by atoms with E-state index in [-0.39, 0.29) is 90.5 Å². The summed E-state index contributed by atoms with van der Waals surface area (Å²) >= 11 is 23.1. The Morgan fingerprint density at radius 2 is 1.04 bits per heavy atom. The SMILES string of the molecule is O=C([O-])c1cc(Cl)c(Cl)cc1NC(=O)c1cc(Cl)c(Cl)cc1C(=O)[O-].[Na+].[Na+]. The molecule has 0 spiro atoms. The minimum atomic E-state index is -1.67. The zero-order valence-electron chi connectivity index (χ0n) is 13.9. The molecule has 0 aromatic heterocycles. The Morgan fingerprint density at radius 3 is 1.48 bits per heavy atom. The Morgan fingerprint density at radius 1 is 0.667 bits per heavy atom. The van der Waals surface area contributed by atoms with Gasteiger partial charge >= 0.3 is 59.1 Å². The number of benzene rings is 2. The smallest absolute Gasteiger partial charge is 0.545 e. The number of anilines is 1. The van der Waals surface area contributed by atoms with Crippen LogP contribution in [0.4, 0.5) is 5.69 Å². The molecule has 0 saturated carbocycles. The number of hydrogen-bond donors (Lipinski definition) is 1. The number of nitrogens with one attached hydrogen (secondary N) is 1. The molecule has 0 fully saturated rings. The zero-order valence-corrected chi connectivity index (χ0v) is 20.9. The van der Waals surface area contributed by atoms with Gasteiger partial charge in [0.1, 0.15) is 0 Å². The number of carboxylic acid groups (broad SMARTS) is 2. The molecule has 130 valence electrons. The predicted octanol–water partition coefficient (Wildman–Crippen LogP) is -3.71. The molecule has 0 unspecified atom stereocenters. The maximum Gasteiger partial charge on any atom is 1.00 e. The Bertz CT molecular complexity index is 924. The van der Waals surface area contributed by atoms with E-state index < -0.39 is 29.0 Å². The van der Waals surface area contributed by atoms with Gasteiger partial charge in [0.15, 0.2) is 0 Å². The van der Waals surface area contributed by atoms with Crippen molar-refractivity contribution in [1.29, 1.82) is 0 Å². The van der Waals surface area contributed by atoms with Crippen LogP contribution >= 0.6 is 46.4 Å². The molecule has 0 aliphatic carbocycles. The number of aromatic carboxylic acids is 2. The standard InChI is InChI=1S/C15H7Cl4NO5.2Na/c16-8-1-5(6(14(22)23)2-9(8)17)13(21)20-12-4-11(19)10(18)3-7(12)15(24)25;;/h1-4H,(H,20,21)(H,22,23)(H,24,25);;/q;2*+1/p-2. The summed E-state index contributed by atoms with van der Waals surface area (Å²) in [6, 6.07) is 4.04. The van der Waals surface area contributed by atoms with Gasteiger partial charge in [-0.3, -0.25) is 4.79 Å². The predicted molar refractivity (Wildman–Crippen MR) is 89.5 cm³/mol. The summed E-state index contributed by atoms with van der Waals surface area (Å²) in [5.41, 5.74) is -1.60. The van der Waals surface area contributed by atoms with Crippen LogP contribution in [-0.4, -0.2) is 17.8 Å². The molecule has 2 aromatic rings. The van der Waals surface area contributed by atoms with E-state index in [1.54, 1.807) is 0 Å². The van der Waals surface area contributed by atoms with E-state index in [9.17, 15) is 24.6 Å². The van der Waals surface area contributed by atoms with Gasteiger partial charge in [-0.25, -0.2) is 0 Å². The average Bonchev–Trinajstić information content (AvgIpc) is 2.52. The van der Waals surface area contributed by atoms with Crippen molar-refractivity contribution in [3.8, 4) is 0 Å². The van der Waals surface area contributed by atoms with Gasteiger partial charge in [0.25, 0.3) is 5.91 Å². The first kappa shape index (κ1) is 27.0. The summed E-state index contributed by atoms with van der Waals surface area (Å²) in [7, 11) is 0. The Labute approximate surface area is 217 Å². The minimum Gasteiger partial charge on any atom is -0.545 e. The molecule has 2 aromatic carbocycles. The zero-order chi connectivity index (χ0) is 18.9. The molecule has 12 heteroatoms. The molecule has 2 rings (SSSR count). The van der Waals surface area contributed by atoms with Gasteiger partial charge in [-0.2, -0.15) is 0 Å². The molecule has 6 nitrogen and oxygen atoms in total. The quantitative estimate of drug-likeness (QED) is 0.466. The van der Waals surface area contributed by atoms with Gasteiger partial charge in [-0.15, -0.1) is 0 Å². The van der Waals surface area contributed by atoms with Crippen molar-refractivity contribution in [2.45, 2.75) is 0 Å². The number of amides is 1. The van der Waals surface area contributed by atoms with Crippen LogP contribution in [0, 0.1) is 0 Å². The number of rotatable bonds is 4. The Kier molecular flexibility index (Phi) is 11.3. The molecular weight excluding hydrogens is 462 g/mol. The van der Waals surface area contributed by atoms with Gasteiger partial charge in [-0.1, -0.05) is 46.4 Å². The van der Waals surface area contributed by atoms with Crippen LogP contribution in [0.3, 0.4) is 0 Å². The van der Waals surface area contributed by atoms with E-state index >= 15 is 0 Å². The molecule has 1 amide bonds. The van der Waals surface area contributed by atoms with E-state index in [4.69, 9.17) is 46.4 Å². The van der Waals surface area contributed by atoms with Gasteiger partial charge < -0.3 is 25.1 Å². The fraction of sp³-hybridized carbons (Fsp3) is 0. The summed E-state index contributed by atoms with van der Waals surface area (Å²) in [6.45, 7) is 0. The van der Waals surface area contributed by atoms with Crippen molar-refractivity contribution < 1.29 is 83.7 Å². The molecule has 0 bridgehead atoms. The number of carbonyl (C=O) groups is 3. The molecule has 0 aliphatic heterocycles. The number of carboxylic acids is 2. The first-order valence-corrected chi connectivity index (χ1v) is 7.85. The molecule has 0 heterocycles. The van der Waals surface area contributed by atoms with E-state index in [2.05, 4.69) is 5.32 Å². The van der Waals surface area contributed by atoms with Crippen molar-refractivity contribution in [2.75, 3.05) is 5.32 Å². The van der Waals surface area contributed by atoms with Crippen molar-refractivity contribution in [3.05, 3.63) is 61.0 Å². The first-order valence-electron chi connectivity index (χ1n) is 6.34. The molecule has 0 radical (unpaired) electrons. The normalized spacial score (nSPS) is 9.63. The third-order valence-electron chi connectivity index (χ3n) is 3.05. The molecule has 27 heavy (non-hydrogen) atoms. The van der Waals surface area contributed by atoms with Crippen molar-refractivity contribution in [3.63, 3.8) is 0 Å². The van der Waals surface area contributed by atoms with Gasteiger partial charge in [0.2, 0.25) is 0 Å². The van der Waals surface area contributed by atoms with Gasteiger partial charge in [0.05, 0.1) is 43.3 Å². The van der Waals surface area contributed by atoms with Crippen LogP contribution in [0.5, 0.6) is 0 Å². The third kappa shape index (κ3) is 6.51. The molecule has 1 N–H and O–H groups in total. The van der Waals surface area contributed by atoms with Crippen LogP contribution in [0.1, 0.15) is 31.1 Å². The molecule has 0 saturated heterocycles. The van der Waals surface area contributed by atoms with E-state index in [0.29, 0.717) is 0 Å². The molecule has 0 atom stereocenters. The maximum absolute atomic E-state index is 12.4.